The summed E-state index contributed by atoms with van der Waals surface area (Å²) < 4.78 is 5.23. The third-order valence-corrected chi connectivity index (χ3v) is 2.33. The predicted molar refractivity (Wildman–Crippen MR) is 47.5 cm³/mol. The number of hydrogen-bond acceptors (Lipinski definition) is 2. The van der Waals surface area contributed by atoms with Gasteiger partial charge in [-0.25, -0.2) is 0 Å². The Bertz CT molecular complexity index is 208. The summed E-state index contributed by atoms with van der Waals surface area (Å²) in [7, 11) is 0. The molecule has 1 fully saturated rings. The van der Waals surface area contributed by atoms with Gasteiger partial charge in [-0.05, 0) is 26.2 Å². The first-order valence-corrected chi connectivity index (χ1v) is 4.32. The van der Waals surface area contributed by atoms with Crippen LogP contribution < -0.4 is 0 Å². The molecule has 0 radical (unpaired) electrons. The van der Waals surface area contributed by atoms with E-state index in [0.29, 0.717) is 0 Å². The van der Waals surface area contributed by atoms with Gasteiger partial charge in [0, 0.05) is 13.2 Å². The maximum absolute atomic E-state index is 9.04. The molecule has 0 aromatic carbocycles. The maximum atomic E-state index is 9.04. The molecule has 0 unspecified atom stereocenters. The summed E-state index contributed by atoms with van der Waals surface area (Å²) in [6, 6.07) is 2.41. The highest BCUT2D eigenvalue weighted by Gasteiger charge is 2.32. The molecule has 0 amide bonds. The van der Waals surface area contributed by atoms with Crippen molar-refractivity contribution in [2.24, 2.45) is 5.41 Å². The van der Waals surface area contributed by atoms with Crippen molar-refractivity contribution in [2.45, 2.75) is 26.2 Å². The average Bonchev–Trinajstić information content (AvgIpc) is 2.05. The molecule has 0 spiro atoms. The van der Waals surface area contributed by atoms with Gasteiger partial charge in [0.15, 0.2) is 0 Å². The van der Waals surface area contributed by atoms with Crippen LogP contribution in [0.5, 0.6) is 0 Å². The van der Waals surface area contributed by atoms with Crippen molar-refractivity contribution in [3.8, 4) is 6.07 Å². The van der Waals surface area contributed by atoms with Gasteiger partial charge < -0.3 is 4.74 Å². The van der Waals surface area contributed by atoms with Gasteiger partial charge in [-0.1, -0.05) is 5.57 Å². The summed E-state index contributed by atoms with van der Waals surface area (Å²) in [5.41, 5.74) is 0.919. The Hall–Kier alpha value is -0.810. The fraction of sp³-hybridized carbons (Fsp3) is 0.700. The molecule has 0 aliphatic carbocycles. The van der Waals surface area contributed by atoms with Crippen LogP contribution in [0.3, 0.4) is 0 Å². The van der Waals surface area contributed by atoms with E-state index in [0.717, 1.165) is 38.0 Å². The van der Waals surface area contributed by atoms with Crippen molar-refractivity contribution in [1.82, 2.24) is 0 Å². The highest BCUT2D eigenvalue weighted by molar-refractivity contribution is 5.08. The van der Waals surface area contributed by atoms with Crippen LogP contribution in [0.2, 0.25) is 0 Å². The van der Waals surface area contributed by atoms with E-state index in [-0.39, 0.29) is 5.41 Å². The second-order valence-electron chi connectivity index (χ2n) is 3.64. The van der Waals surface area contributed by atoms with Gasteiger partial charge >= 0.3 is 0 Å². The third-order valence-electron chi connectivity index (χ3n) is 2.33. The van der Waals surface area contributed by atoms with E-state index in [1.54, 1.807) is 0 Å². The molecule has 0 aromatic rings. The van der Waals surface area contributed by atoms with Gasteiger partial charge in [0.25, 0.3) is 0 Å². The van der Waals surface area contributed by atoms with Gasteiger partial charge in [0.1, 0.15) is 0 Å². The smallest absolute Gasteiger partial charge is 0.0694 e. The van der Waals surface area contributed by atoms with Crippen LogP contribution in [0.4, 0.5) is 0 Å². The minimum atomic E-state index is -0.177. The summed E-state index contributed by atoms with van der Waals surface area (Å²) in [6.45, 7) is 7.28. The lowest BCUT2D eigenvalue weighted by atomic mass is 9.77. The van der Waals surface area contributed by atoms with Gasteiger partial charge in [-0.15, -0.1) is 6.58 Å². The van der Waals surface area contributed by atoms with Crippen LogP contribution in [0, 0.1) is 16.7 Å². The van der Waals surface area contributed by atoms with Crippen LogP contribution in [0.25, 0.3) is 0 Å². The number of allylic oxidation sites excluding steroid dienone is 1. The van der Waals surface area contributed by atoms with Crippen molar-refractivity contribution in [3.05, 3.63) is 12.2 Å². The van der Waals surface area contributed by atoms with E-state index in [9.17, 15) is 0 Å². The first-order valence-electron chi connectivity index (χ1n) is 4.32. The summed E-state index contributed by atoms with van der Waals surface area (Å²) in [4.78, 5) is 0. The molecule has 12 heavy (non-hydrogen) atoms. The molecule has 1 aliphatic heterocycles. The molecule has 1 heterocycles. The van der Waals surface area contributed by atoms with Crippen molar-refractivity contribution < 1.29 is 4.74 Å². The van der Waals surface area contributed by atoms with Crippen LogP contribution in [-0.2, 0) is 4.74 Å². The zero-order valence-electron chi connectivity index (χ0n) is 7.60. The topological polar surface area (TPSA) is 33.0 Å². The lowest BCUT2D eigenvalue weighted by molar-refractivity contribution is 0.0407. The van der Waals surface area contributed by atoms with Crippen molar-refractivity contribution in [2.75, 3.05) is 13.2 Å². The fourth-order valence-electron chi connectivity index (χ4n) is 1.67. The minimum absolute atomic E-state index is 0.177. The third kappa shape index (κ3) is 2.09. The first kappa shape index (κ1) is 9.28. The zero-order chi connectivity index (χ0) is 9.03. The molecule has 1 saturated heterocycles. The van der Waals surface area contributed by atoms with Gasteiger partial charge in [-0.3, -0.25) is 0 Å². The SMILES string of the molecule is C=C(C)CC1(C#N)CCOCC1. The molecule has 66 valence electrons. The van der Waals surface area contributed by atoms with E-state index in [4.69, 9.17) is 10.00 Å². The molecule has 0 bridgehead atoms. The predicted octanol–water partition coefficient (Wildman–Crippen LogP) is 2.27. The van der Waals surface area contributed by atoms with Crippen molar-refractivity contribution >= 4 is 0 Å². The summed E-state index contributed by atoms with van der Waals surface area (Å²) in [5, 5.41) is 9.04. The molecule has 2 nitrogen and oxygen atoms in total. The summed E-state index contributed by atoms with van der Waals surface area (Å²) in [6.07, 6.45) is 2.54. The summed E-state index contributed by atoms with van der Waals surface area (Å²) in [5.74, 6) is 0. The molecule has 0 aromatic heterocycles. The van der Waals surface area contributed by atoms with E-state index < -0.39 is 0 Å². The van der Waals surface area contributed by atoms with Crippen molar-refractivity contribution in [3.63, 3.8) is 0 Å². The van der Waals surface area contributed by atoms with E-state index in [1.807, 2.05) is 6.92 Å². The Morgan fingerprint density at radius 2 is 2.17 bits per heavy atom. The second-order valence-corrected chi connectivity index (χ2v) is 3.64. The zero-order valence-corrected chi connectivity index (χ0v) is 7.60. The Kier molecular flexibility index (Phi) is 2.88. The molecule has 1 rings (SSSR count). The van der Waals surface area contributed by atoms with E-state index in [2.05, 4.69) is 12.6 Å². The Morgan fingerprint density at radius 1 is 1.58 bits per heavy atom. The largest absolute Gasteiger partial charge is 0.381 e. The molecule has 0 saturated carbocycles. The second kappa shape index (κ2) is 3.73. The highest BCUT2D eigenvalue weighted by Crippen LogP contribution is 2.35. The number of nitriles is 1. The standard InChI is InChI=1S/C10H15NO/c1-9(2)7-10(8-11)3-5-12-6-4-10/h1,3-7H2,2H3. The van der Waals surface area contributed by atoms with Crippen LogP contribution >= 0.6 is 0 Å². The highest BCUT2D eigenvalue weighted by atomic mass is 16.5. The quantitative estimate of drug-likeness (QED) is 0.588. The molecule has 1 aliphatic rings. The van der Waals surface area contributed by atoms with Gasteiger partial charge in [0.2, 0.25) is 0 Å². The van der Waals surface area contributed by atoms with Gasteiger partial charge in [-0.2, -0.15) is 5.26 Å². The molecule has 0 N–H and O–H groups in total. The molecule has 2 heteroatoms. The number of ether oxygens (including phenoxy) is 1. The first-order chi connectivity index (χ1) is 5.68. The number of rotatable bonds is 2. The van der Waals surface area contributed by atoms with Crippen LogP contribution in [-0.4, -0.2) is 13.2 Å². The lowest BCUT2D eigenvalue weighted by Crippen LogP contribution is -2.28. The monoisotopic (exact) mass is 165 g/mol. The Balaban J connectivity index is 2.61. The normalized spacial score (nSPS) is 21.3. The van der Waals surface area contributed by atoms with E-state index >= 15 is 0 Å². The van der Waals surface area contributed by atoms with Crippen LogP contribution in [0.15, 0.2) is 12.2 Å². The minimum Gasteiger partial charge on any atom is -0.381 e. The van der Waals surface area contributed by atoms with E-state index in [1.165, 1.54) is 0 Å². The van der Waals surface area contributed by atoms with Crippen LogP contribution in [0.1, 0.15) is 26.2 Å². The average molecular weight is 165 g/mol. The molecule has 0 atom stereocenters. The maximum Gasteiger partial charge on any atom is 0.0694 e. The van der Waals surface area contributed by atoms with Crippen molar-refractivity contribution in [1.29, 1.82) is 5.26 Å². The number of hydrogen-bond donors (Lipinski definition) is 0. The molecular formula is C10H15NO. The summed E-state index contributed by atoms with van der Waals surface area (Å²) >= 11 is 0. The van der Waals surface area contributed by atoms with Gasteiger partial charge in [0.05, 0.1) is 11.5 Å². The lowest BCUT2D eigenvalue weighted by Gasteiger charge is -2.30. The molecular weight excluding hydrogens is 150 g/mol. The Morgan fingerprint density at radius 3 is 2.58 bits per heavy atom. The Labute approximate surface area is 73.8 Å². The number of nitrogens with zero attached hydrogens (tertiary/aromatic N) is 1. The fourth-order valence-corrected chi connectivity index (χ4v) is 1.67.